The Kier molecular flexibility index (Phi) is 4.33. The fraction of sp³-hybridized carbons (Fsp3) is 0.500. The molecule has 0 heterocycles. The van der Waals surface area contributed by atoms with Crippen molar-refractivity contribution in [2.45, 2.75) is 44.4 Å². The van der Waals surface area contributed by atoms with E-state index >= 15 is 0 Å². The third-order valence-corrected chi connectivity index (χ3v) is 3.18. The number of aliphatic hydroxyl groups excluding tert-OH is 1. The van der Waals surface area contributed by atoms with E-state index in [0.717, 1.165) is 18.5 Å². The summed E-state index contributed by atoms with van der Waals surface area (Å²) < 4.78 is 0. The molecule has 4 nitrogen and oxygen atoms in total. The predicted molar refractivity (Wildman–Crippen MR) is 71.3 cm³/mol. The standard InChI is InChI=1S/C14H20N2O2/c1-10(15-12-8-13(17)9-12)7-14(18)16-11-5-3-2-4-6-11/h2-6,10,12-13,15,17H,7-9H2,1H3,(H,16,18). The van der Waals surface area contributed by atoms with E-state index in [0.29, 0.717) is 12.5 Å². The Balaban J connectivity index is 1.70. The van der Waals surface area contributed by atoms with E-state index in [9.17, 15) is 9.90 Å². The van der Waals surface area contributed by atoms with Gasteiger partial charge in [0.25, 0.3) is 0 Å². The van der Waals surface area contributed by atoms with Gasteiger partial charge in [0.2, 0.25) is 5.91 Å². The van der Waals surface area contributed by atoms with E-state index in [1.807, 2.05) is 37.3 Å². The molecule has 1 aliphatic rings. The maximum atomic E-state index is 11.8. The van der Waals surface area contributed by atoms with Crippen molar-refractivity contribution in [1.82, 2.24) is 5.32 Å². The van der Waals surface area contributed by atoms with Gasteiger partial charge in [-0.25, -0.2) is 0 Å². The first-order valence-corrected chi connectivity index (χ1v) is 6.42. The van der Waals surface area contributed by atoms with Crippen LogP contribution in [0, 0.1) is 0 Å². The summed E-state index contributed by atoms with van der Waals surface area (Å²) in [7, 11) is 0. The lowest BCUT2D eigenvalue weighted by Crippen LogP contribution is -2.48. The molecular formula is C14H20N2O2. The first kappa shape index (κ1) is 13.1. The molecule has 0 spiro atoms. The van der Waals surface area contributed by atoms with Crippen LogP contribution in [-0.2, 0) is 4.79 Å². The number of carbonyl (C=O) groups excluding carboxylic acids is 1. The lowest BCUT2D eigenvalue weighted by molar-refractivity contribution is -0.116. The number of nitrogens with one attached hydrogen (secondary N) is 2. The third kappa shape index (κ3) is 3.82. The van der Waals surface area contributed by atoms with Crippen LogP contribution in [0.25, 0.3) is 0 Å². The monoisotopic (exact) mass is 248 g/mol. The summed E-state index contributed by atoms with van der Waals surface area (Å²) in [5.74, 6) is 0.0149. The first-order chi connectivity index (χ1) is 8.63. The van der Waals surface area contributed by atoms with Crippen LogP contribution in [0.1, 0.15) is 26.2 Å². The van der Waals surface area contributed by atoms with Crippen molar-refractivity contribution < 1.29 is 9.90 Å². The Morgan fingerprint density at radius 2 is 2.06 bits per heavy atom. The number of hydrogen-bond donors (Lipinski definition) is 3. The van der Waals surface area contributed by atoms with E-state index in [1.165, 1.54) is 0 Å². The number of anilines is 1. The second-order valence-corrected chi connectivity index (χ2v) is 5.01. The molecule has 3 N–H and O–H groups in total. The van der Waals surface area contributed by atoms with Gasteiger partial charge in [0.1, 0.15) is 0 Å². The average molecular weight is 248 g/mol. The zero-order valence-corrected chi connectivity index (χ0v) is 10.6. The lowest BCUT2D eigenvalue weighted by atomic mass is 9.89. The van der Waals surface area contributed by atoms with Gasteiger partial charge in [-0.15, -0.1) is 0 Å². The smallest absolute Gasteiger partial charge is 0.225 e. The Morgan fingerprint density at radius 3 is 2.67 bits per heavy atom. The van der Waals surface area contributed by atoms with Crippen LogP contribution >= 0.6 is 0 Å². The molecule has 1 saturated carbocycles. The van der Waals surface area contributed by atoms with E-state index < -0.39 is 0 Å². The van der Waals surface area contributed by atoms with Crippen molar-refractivity contribution in [2.24, 2.45) is 0 Å². The van der Waals surface area contributed by atoms with Crippen LogP contribution < -0.4 is 10.6 Å². The van der Waals surface area contributed by atoms with Crippen LogP contribution in [0.2, 0.25) is 0 Å². The van der Waals surface area contributed by atoms with Crippen LogP contribution in [0.4, 0.5) is 5.69 Å². The normalized spacial score (nSPS) is 24.1. The van der Waals surface area contributed by atoms with Gasteiger partial charge in [-0.05, 0) is 31.9 Å². The van der Waals surface area contributed by atoms with Crippen molar-refractivity contribution in [1.29, 1.82) is 0 Å². The summed E-state index contributed by atoms with van der Waals surface area (Å²) in [6.45, 7) is 2.00. The largest absolute Gasteiger partial charge is 0.393 e. The van der Waals surface area contributed by atoms with Crippen molar-refractivity contribution in [2.75, 3.05) is 5.32 Å². The molecular weight excluding hydrogens is 228 g/mol. The zero-order chi connectivity index (χ0) is 13.0. The highest BCUT2D eigenvalue weighted by Crippen LogP contribution is 2.20. The summed E-state index contributed by atoms with van der Waals surface area (Å²) in [5, 5.41) is 15.4. The first-order valence-electron chi connectivity index (χ1n) is 6.42. The molecule has 1 aliphatic carbocycles. The molecule has 18 heavy (non-hydrogen) atoms. The van der Waals surface area contributed by atoms with Gasteiger partial charge in [-0.1, -0.05) is 18.2 Å². The molecule has 1 fully saturated rings. The van der Waals surface area contributed by atoms with Gasteiger partial charge in [-0.2, -0.15) is 0 Å². The molecule has 1 amide bonds. The number of amides is 1. The average Bonchev–Trinajstić information content (AvgIpc) is 2.28. The SMILES string of the molecule is CC(CC(=O)Nc1ccccc1)NC1CC(O)C1. The summed E-state index contributed by atoms with van der Waals surface area (Å²) in [6, 6.07) is 9.95. The Morgan fingerprint density at radius 1 is 1.39 bits per heavy atom. The number of benzene rings is 1. The number of rotatable bonds is 5. The summed E-state index contributed by atoms with van der Waals surface area (Å²) >= 11 is 0. The molecule has 0 radical (unpaired) electrons. The van der Waals surface area contributed by atoms with Gasteiger partial charge in [-0.3, -0.25) is 4.79 Å². The molecule has 0 bridgehead atoms. The Hall–Kier alpha value is -1.39. The summed E-state index contributed by atoms with van der Waals surface area (Å²) in [5.41, 5.74) is 0.828. The Bertz CT molecular complexity index is 388. The molecule has 0 aliphatic heterocycles. The number of para-hydroxylation sites is 1. The number of carbonyl (C=O) groups is 1. The fourth-order valence-electron chi connectivity index (χ4n) is 2.20. The third-order valence-electron chi connectivity index (χ3n) is 3.18. The van der Waals surface area contributed by atoms with Crippen molar-refractivity contribution in [3.05, 3.63) is 30.3 Å². The molecule has 0 saturated heterocycles. The molecule has 4 heteroatoms. The molecule has 2 rings (SSSR count). The highest BCUT2D eigenvalue weighted by atomic mass is 16.3. The maximum Gasteiger partial charge on any atom is 0.225 e. The summed E-state index contributed by atoms with van der Waals surface area (Å²) in [4.78, 5) is 11.8. The highest BCUT2D eigenvalue weighted by molar-refractivity contribution is 5.90. The van der Waals surface area contributed by atoms with Gasteiger partial charge in [0.15, 0.2) is 0 Å². The van der Waals surface area contributed by atoms with E-state index in [-0.39, 0.29) is 18.1 Å². The van der Waals surface area contributed by atoms with Crippen molar-refractivity contribution >= 4 is 11.6 Å². The minimum atomic E-state index is -0.159. The fourth-order valence-corrected chi connectivity index (χ4v) is 2.20. The van der Waals surface area contributed by atoms with E-state index in [2.05, 4.69) is 10.6 Å². The predicted octanol–water partition coefficient (Wildman–Crippen LogP) is 1.52. The van der Waals surface area contributed by atoms with Crippen molar-refractivity contribution in [3.8, 4) is 0 Å². The minimum absolute atomic E-state index is 0.0149. The highest BCUT2D eigenvalue weighted by Gasteiger charge is 2.28. The minimum Gasteiger partial charge on any atom is -0.393 e. The van der Waals surface area contributed by atoms with Crippen LogP contribution in [-0.4, -0.2) is 29.2 Å². The lowest BCUT2D eigenvalue weighted by Gasteiger charge is -2.34. The molecule has 1 unspecified atom stereocenters. The van der Waals surface area contributed by atoms with E-state index in [4.69, 9.17) is 0 Å². The molecule has 1 aromatic rings. The quantitative estimate of drug-likeness (QED) is 0.740. The maximum absolute atomic E-state index is 11.8. The second kappa shape index (κ2) is 5.98. The second-order valence-electron chi connectivity index (χ2n) is 5.01. The van der Waals surface area contributed by atoms with Gasteiger partial charge in [0, 0.05) is 24.2 Å². The molecule has 1 atom stereocenters. The van der Waals surface area contributed by atoms with Crippen LogP contribution in [0.3, 0.4) is 0 Å². The van der Waals surface area contributed by atoms with Crippen LogP contribution in [0.15, 0.2) is 30.3 Å². The number of aliphatic hydroxyl groups is 1. The summed E-state index contributed by atoms with van der Waals surface area (Å²) in [6.07, 6.45) is 1.88. The molecule has 98 valence electrons. The topological polar surface area (TPSA) is 61.4 Å². The van der Waals surface area contributed by atoms with Crippen LogP contribution in [0.5, 0.6) is 0 Å². The van der Waals surface area contributed by atoms with Gasteiger partial charge >= 0.3 is 0 Å². The van der Waals surface area contributed by atoms with E-state index in [1.54, 1.807) is 0 Å². The molecule has 1 aromatic carbocycles. The van der Waals surface area contributed by atoms with Gasteiger partial charge in [0.05, 0.1) is 6.10 Å². The zero-order valence-electron chi connectivity index (χ0n) is 10.6. The number of hydrogen-bond acceptors (Lipinski definition) is 3. The van der Waals surface area contributed by atoms with Crippen molar-refractivity contribution in [3.63, 3.8) is 0 Å². The Labute approximate surface area is 107 Å². The molecule has 0 aromatic heterocycles. The van der Waals surface area contributed by atoms with Gasteiger partial charge < -0.3 is 15.7 Å².